The van der Waals surface area contributed by atoms with Crippen LogP contribution < -0.4 is 16.0 Å². The molecule has 5 rings (SSSR count). The van der Waals surface area contributed by atoms with Crippen molar-refractivity contribution >= 4 is 17.7 Å². The van der Waals surface area contributed by atoms with Crippen LogP contribution in [0.25, 0.3) is 0 Å². The minimum atomic E-state index is -2.09. The summed E-state index contributed by atoms with van der Waals surface area (Å²) in [5.41, 5.74) is -0.559. The molecule has 374 valence electrons. The van der Waals surface area contributed by atoms with Crippen molar-refractivity contribution in [3.8, 4) is 0 Å². The van der Waals surface area contributed by atoms with E-state index in [1.165, 1.54) is 13.8 Å². The van der Waals surface area contributed by atoms with Crippen LogP contribution in [-0.4, -0.2) is 258 Å². The summed E-state index contributed by atoms with van der Waals surface area (Å²) >= 11 is 0. The Morgan fingerprint density at radius 2 is 1.03 bits per heavy atom. The van der Waals surface area contributed by atoms with Crippen molar-refractivity contribution in [1.82, 2.24) is 16.0 Å². The van der Waals surface area contributed by atoms with Crippen LogP contribution in [0.5, 0.6) is 0 Å². The van der Waals surface area contributed by atoms with Crippen molar-refractivity contribution in [3.05, 3.63) is 11.5 Å². The van der Waals surface area contributed by atoms with Crippen molar-refractivity contribution in [2.75, 3.05) is 33.0 Å². The molecule has 0 aromatic rings. The highest BCUT2D eigenvalue weighted by molar-refractivity contribution is 5.75. The standard InChI is InChI=1S/C37H61N3O25/c1-10-19(38-11(2)45)26(52)31(16(7-43)58-10)63-35-21(40-13(4)47)27(53)32(17(8-44)61-35)64-36-30(56)28(54)24(50)18(62-36)9-57-37-33(29(55)23(49)15(6-42)60-37)65-34-20(39-12(3)46)25(51)22(48)14(5-41)59-34/h10,14-19,21-24,26-37,41-44,48-56H,5-9H2,1-4H3,(H,38,45)(H,39,46)(H,40,47)/t10-,14?,15?,16?,17?,18?,19?,21?,22+,23+,24+,26?,27?,28?,29?,30?,31+,32+,33?,34-,35-,36-,37-/m0/s1. The normalized spacial score (nSPS) is 44.9. The first-order valence-electron chi connectivity index (χ1n) is 20.7. The molecule has 28 nitrogen and oxygen atoms in total. The highest BCUT2D eigenvalue weighted by Crippen LogP contribution is 2.35. The zero-order valence-corrected chi connectivity index (χ0v) is 35.5. The lowest BCUT2D eigenvalue weighted by atomic mass is 9.92. The molecule has 4 saturated heterocycles. The summed E-state index contributed by atoms with van der Waals surface area (Å²) in [5, 5.41) is 146. The van der Waals surface area contributed by atoms with Crippen LogP contribution in [0.15, 0.2) is 11.5 Å². The van der Waals surface area contributed by atoms with Gasteiger partial charge in [0.25, 0.3) is 0 Å². The Morgan fingerprint density at radius 1 is 0.523 bits per heavy atom. The van der Waals surface area contributed by atoms with E-state index >= 15 is 0 Å². The molecule has 3 amide bonds. The molecule has 0 radical (unpaired) electrons. The van der Waals surface area contributed by atoms with Gasteiger partial charge in [-0.3, -0.25) is 14.4 Å². The molecule has 4 fully saturated rings. The Labute approximate surface area is 370 Å². The smallest absolute Gasteiger partial charge is 0.221 e. The van der Waals surface area contributed by atoms with E-state index in [9.17, 15) is 80.8 Å². The maximum atomic E-state index is 12.4. The van der Waals surface area contributed by atoms with Gasteiger partial charge < -0.3 is 125 Å². The third-order valence-electron chi connectivity index (χ3n) is 11.5. The minimum absolute atomic E-state index is 0.526. The fourth-order valence-corrected chi connectivity index (χ4v) is 8.09. The molecule has 5 aliphatic rings. The van der Waals surface area contributed by atoms with Gasteiger partial charge in [-0.15, -0.1) is 0 Å². The maximum absolute atomic E-state index is 12.4. The molecule has 0 bridgehead atoms. The summed E-state index contributed by atoms with van der Waals surface area (Å²) in [7, 11) is 0. The zero-order valence-electron chi connectivity index (χ0n) is 35.5. The van der Waals surface area contributed by atoms with Gasteiger partial charge in [-0.25, -0.2) is 0 Å². The summed E-state index contributed by atoms with van der Waals surface area (Å²) in [5.74, 6) is -2.92. The fourth-order valence-electron chi connectivity index (χ4n) is 8.09. The van der Waals surface area contributed by atoms with E-state index in [-0.39, 0.29) is 0 Å². The van der Waals surface area contributed by atoms with Crippen molar-refractivity contribution in [1.29, 1.82) is 0 Å². The van der Waals surface area contributed by atoms with Gasteiger partial charge in [0.05, 0.1) is 45.2 Å². The SMILES string of the molecule is CC(=O)NC1=C(O)[C@H](O)C(CO)O[C@H]1OC1C(O)[C@H](O)C(CO)O[C@@H]1OCC1O[C@@H](O[C@@H]2C(CO)O[C@@H](O[C@@H]3C(CO)O[C@@H](C)C(NC(C)=O)C3O)C(NC(C)=O)C2O)C(O)C(O)[C@@H]1O. The third kappa shape index (κ3) is 11.9. The van der Waals surface area contributed by atoms with E-state index in [4.69, 9.17) is 42.6 Å². The summed E-state index contributed by atoms with van der Waals surface area (Å²) in [6.45, 7) is 0.617. The van der Waals surface area contributed by atoms with Crippen LogP contribution in [0, 0.1) is 0 Å². The number of carbonyl (C=O) groups excluding carboxylic acids is 3. The van der Waals surface area contributed by atoms with E-state index in [1.807, 2.05) is 0 Å². The number of amides is 3. The number of hydrogen-bond acceptors (Lipinski definition) is 25. The van der Waals surface area contributed by atoms with Crippen LogP contribution in [0.1, 0.15) is 27.7 Å². The zero-order chi connectivity index (χ0) is 48.2. The number of aliphatic hydroxyl groups is 13. The molecule has 5 heterocycles. The Balaban J connectivity index is 1.34. The van der Waals surface area contributed by atoms with Gasteiger partial charge in [0, 0.05) is 20.8 Å². The quantitative estimate of drug-likeness (QED) is 0.0683. The largest absolute Gasteiger partial charge is 0.507 e. The molecule has 0 spiro atoms. The first-order chi connectivity index (χ1) is 30.7. The van der Waals surface area contributed by atoms with E-state index in [2.05, 4.69) is 16.0 Å². The molecule has 0 aliphatic carbocycles. The lowest BCUT2D eigenvalue weighted by Crippen LogP contribution is -2.70. The van der Waals surface area contributed by atoms with Crippen molar-refractivity contribution in [3.63, 3.8) is 0 Å². The van der Waals surface area contributed by atoms with Gasteiger partial charge in [0.2, 0.25) is 24.0 Å². The molecule has 0 aromatic heterocycles. The van der Waals surface area contributed by atoms with Crippen LogP contribution >= 0.6 is 0 Å². The van der Waals surface area contributed by atoms with E-state index in [0.29, 0.717) is 0 Å². The topological polar surface area (TPSA) is 433 Å². The van der Waals surface area contributed by atoms with Crippen molar-refractivity contribution in [2.45, 2.75) is 169 Å². The lowest BCUT2D eigenvalue weighted by Gasteiger charge is -2.49. The molecule has 65 heavy (non-hydrogen) atoms. The monoisotopic (exact) mass is 947 g/mol. The Hall–Kier alpha value is -2.89. The van der Waals surface area contributed by atoms with E-state index < -0.39 is 203 Å². The molecule has 23 atom stereocenters. The Kier molecular flexibility index (Phi) is 18.7. The predicted molar refractivity (Wildman–Crippen MR) is 205 cm³/mol. The average molecular weight is 948 g/mol. The van der Waals surface area contributed by atoms with Gasteiger partial charge in [0.15, 0.2) is 18.9 Å². The maximum Gasteiger partial charge on any atom is 0.221 e. The molecular weight excluding hydrogens is 886 g/mol. The van der Waals surface area contributed by atoms with Crippen molar-refractivity contribution in [2.24, 2.45) is 0 Å². The lowest BCUT2D eigenvalue weighted by molar-refractivity contribution is -0.367. The number of aliphatic hydroxyl groups excluding tert-OH is 13. The first kappa shape index (κ1) is 53.1. The fraction of sp³-hybridized carbons (Fsp3) is 0.865. The van der Waals surface area contributed by atoms with Gasteiger partial charge in [-0.1, -0.05) is 0 Å². The van der Waals surface area contributed by atoms with Gasteiger partial charge in [0.1, 0.15) is 115 Å². The van der Waals surface area contributed by atoms with E-state index in [1.54, 1.807) is 0 Å². The second-order valence-corrected chi connectivity index (χ2v) is 16.2. The van der Waals surface area contributed by atoms with Crippen LogP contribution in [0.2, 0.25) is 0 Å². The first-order valence-corrected chi connectivity index (χ1v) is 20.7. The Morgan fingerprint density at radius 3 is 1.60 bits per heavy atom. The molecule has 5 aliphatic heterocycles. The highest BCUT2D eigenvalue weighted by atomic mass is 16.8. The molecule has 16 N–H and O–H groups in total. The Bertz CT molecular complexity index is 1630. The number of rotatable bonds is 16. The van der Waals surface area contributed by atoms with E-state index in [0.717, 1.165) is 13.8 Å². The van der Waals surface area contributed by atoms with Gasteiger partial charge >= 0.3 is 0 Å². The number of nitrogens with one attached hydrogen (secondary N) is 3. The summed E-state index contributed by atoms with van der Waals surface area (Å²) in [6.07, 6.45) is -36.2. The summed E-state index contributed by atoms with van der Waals surface area (Å²) in [4.78, 5) is 36.3. The number of ether oxygens (including phenoxy) is 9. The van der Waals surface area contributed by atoms with Crippen molar-refractivity contribution < 1.29 is 123 Å². The highest BCUT2D eigenvalue weighted by Gasteiger charge is 2.55. The van der Waals surface area contributed by atoms with Gasteiger partial charge in [-0.05, 0) is 6.92 Å². The molecule has 0 aromatic carbocycles. The second-order valence-electron chi connectivity index (χ2n) is 16.2. The predicted octanol–water partition coefficient (Wildman–Crippen LogP) is -9.38. The molecule has 0 saturated carbocycles. The summed E-state index contributed by atoms with van der Waals surface area (Å²) < 4.78 is 52.0. The van der Waals surface area contributed by atoms with Gasteiger partial charge in [-0.2, -0.15) is 0 Å². The number of carbonyl (C=O) groups is 3. The van der Waals surface area contributed by atoms with Crippen LogP contribution in [0.3, 0.4) is 0 Å². The minimum Gasteiger partial charge on any atom is -0.507 e. The molecule has 13 unspecified atom stereocenters. The number of hydrogen-bond donors (Lipinski definition) is 16. The average Bonchev–Trinajstić information content (AvgIpc) is 3.26. The van der Waals surface area contributed by atoms with Crippen LogP contribution in [-0.2, 0) is 57.0 Å². The molecular formula is C37H61N3O25. The second kappa shape index (κ2) is 22.9. The summed E-state index contributed by atoms with van der Waals surface area (Å²) in [6, 6.07) is -2.64. The third-order valence-corrected chi connectivity index (χ3v) is 11.5. The molecule has 28 heteroatoms. The van der Waals surface area contributed by atoms with Crippen LogP contribution in [0.4, 0.5) is 0 Å².